The van der Waals surface area contributed by atoms with Gasteiger partial charge in [0.1, 0.15) is 19.6 Å². The smallest absolute Gasteiger partial charge is 0.136 e. The normalized spacial score (nSPS) is 13.1. The van der Waals surface area contributed by atoms with Gasteiger partial charge in [-0.25, -0.2) is 0 Å². The molecule has 0 radical (unpaired) electrons. The third-order valence-corrected chi connectivity index (χ3v) is 9.91. The quantitative estimate of drug-likeness (QED) is 0.659. The van der Waals surface area contributed by atoms with Crippen LogP contribution in [-0.4, -0.2) is 19.4 Å². The second-order valence-electron chi connectivity index (χ2n) is 10.0. The van der Waals surface area contributed by atoms with E-state index in [1.807, 2.05) is 23.5 Å². The Morgan fingerprint density at radius 3 is 1.85 bits per heavy atom. The summed E-state index contributed by atoms with van der Waals surface area (Å²) in [6, 6.07) is 6.35. The molecule has 2 nitrogen and oxygen atoms in total. The standard InChI is InChI=1S/C22H34O2SSi/c1-15-10-19(25-13-15)26(8,9)14-24-16-11-17(21(2,3)4)20(23)18(12-16)22(5,6)7/h10-13,23H,14H2,1-9H3. The summed E-state index contributed by atoms with van der Waals surface area (Å²) in [6.45, 7) is 19.6. The largest absolute Gasteiger partial charge is 0.507 e. The maximum absolute atomic E-state index is 10.8. The Labute approximate surface area is 164 Å². The van der Waals surface area contributed by atoms with E-state index < -0.39 is 8.07 Å². The molecule has 0 saturated heterocycles. The molecule has 2 rings (SSSR count). The number of hydrogen-bond donors (Lipinski definition) is 1. The summed E-state index contributed by atoms with van der Waals surface area (Å²) >= 11 is 1.85. The van der Waals surface area contributed by atoms with Crippen molar-refractivity contribution < 1.29 is 9.84 Å². The molecule has 0 fully saturated rings. The van der Waals surface area contributed by atoms with Gasteiger partial charge in [0, 0.05) is 11.1 Å². The first-order valence-electron chi connectivity index (χ1n) is 9.28. The zero-order chi connectivity index (χ0) is 19.9. The Hall–Kier alpha value is -1.26. The fourth-order valence-electron chi connectivity index (χ4n) is 2.96. The van der Waals surface area contributed by atoms with Gasteiger partial charge in [-0.1, -0.05) is 54.6 Å². The number of phenols is 1. The third-order valence-electron chi connectivity index (χ3n) is 4.70. The summed E-state index contributed by atoms with van der Waals surface area (Å²) in [5, 5.41) is 13.1. The molecule has 1 aromatic heterocycles. The monoisotopic (exact) mass is 390 g/mol. The van der Waals surface area contributed by atoms with Gasteiger partial charge in [0.25, 0.3) is 0 Å². The number of ether oxygens (including phenoxy) is 1. The Kier molecular flexibility index (Phi) is 5.70. The van der Waals surface area contributed by atoms with E-state index in [0.717, 1.165) is 23.1 Å². The number of phenolic OH excluding ortho intramolecular Hbond substituents is 1. The highest BCUT2D eigenvalue weighted by atomic mass is 32.1. The number of thiophene rings is 1. The van der Waals surface area contributed by atoms with Crippen molar-refractivity contribution in [2.45, 2.75) is 72.4 Å². The van der Waals surface area contributed by atoms with Gasteiger partial charge in [0.05, 0.1) is 6.23 Å². The van der Waals surface area contributed by atoms with E-state index in [2.05, 4.69) is 73.0 Å². The van der Waals surface area contributed by atoms with Crippen molar-refractivity contribution in [1.82, 2.24) is 0 Å². The fourth-order valence-corrected chi connectivity index (χ4v) is 6.51. The summed E-state index contributed by atoms with van der Waals surface area (Å²) in [4.78, 5) is 0. The Morgan fingerprint density at radius 1 is 0.962 bits per heavy atom. The van der Waals surface area contributed by atoms with Crippen LogP contribution in [0.2, 0.25) is 13.1 Å². The average molecular weight is 391 g/mol. The van der Waals surface area contributed by atoms with Crippen LogP contribution in [-0.2, 0) is 10.8 Å². The lowest BCUT2D eigenvalue weighted by Crippen LogP contribution is -2.45. The summed E-state index contributed by atoms with van der Waals surface area (Å²) in [5.74, 6) is 1.27. The van der Waals surface area contributed by atoms with E-state index in [4.69, 9.17) is 4.74 Å². The molecule has 0 aliphatic heterocycles. The van der Waals surface area contributed by atoms with Gasteiger partial charge in [-0.15, -0.1) is 0 Å². The van der Waals surface area contributed by atoms with E-state index in [1.165, 1.54) is 10.1 Å². The predicted molar refractivity (Wildman–Crippen MR) is 117 cm³/mol. The van der Waals surface area contributed by atoms with Gasteiger partial charge < -0.3 is 9.84 Å². The number of rotatable bonds is 4. The molecule has 4 heteroatoms. The van der Waals surface area contributed by atoms with Crippen molar-refractivity contribution in [2.24, 2.45) is 0 Å². The zero-order valence-electron chi connectivity index (χ0n) is 17.8. The lowest BCUT2D eigenvalue weighted by Gasteiger charge is -2.29. The third kappa shape index (κ3) is 4.71. The molecule has 0 spiro atoms. The average Bonchev–Trinajstić information content (AvgIpc) is 2.91. The summed E-state index contributed by atoms with van der Waals surface area (Å²) in [5.41, 5.74) is 2.96. The molecule has 0 bridgehead atoms. The molecule has 0 aliphatic rings. The molecule has 0 unspecified atom stereocenters. The maximum atomic E-state index is 10.8. The molecule has 2 aromatic rings. The van der Waals surface area contributed by atoms with Crippen molar-refractivity contribution in [3.05, 3.63) is 40.3 Å². The minimum Gasteiger partial charge on any atom is -0.507 e. The number of hydrogen-bond acceptors (Lipinski definition) is 3. The fraction of sp³-hybridized carbons (Fsp3) is 0.545. The summed E-state index contributed by atoms with van der Waals surface area (Å²) < 4.78 is 7.79. The second-order valence-corrected chi connectivity index (χ2v) is 15.9. The molecular weight excluding hydrogens is 356 g/mol. The van der Waals surface area contributed by atoms with E-state index in [-0.39, 0.29) is 10.8 Å². The zero-order valence-corrected chi connectivity index (χ0v) is 19.6. The Morgan fingerprint density at radius 2 is 1.46 bits per heavy atom. The maximum Gasteiger partial charge on any atom is 0.136 e. The lowest BCUT2D eigenvalue weighted by molar-refractivity contribution is 0.369. The van der Waals surface area contributed by atoms with Gasteiger partial charge in [-0.2, -0.15) is 11.3 Å². The Bertz CT molecular complexity index is 741. The van der Waals surface area contributed by atoms with Crippen molar-refractivity contribution in [2.75, 3.05) is 6.23 Å². The number of benzene rings is 1. The predicted octanol–water partition coefficient (Wildman–Crippen LogP) is 5.89. The van der Waals surface area contributed by atoms with Crippen LogP contribution in [0.25, 0.3) is 0 Å². The molecule has 0 aliphatic carbocycles. The van der Waals surface area contributed by atoms with Gasteiger partial charge in [-0.3, -0.25) is 0 Å². The van der Waals surface area contributed by atoms with E-state index in [0.29, 0.717) is 5.75 Å². The van der Waals surface area contributed by atoms with Crippen molar-refractivity contribution in [3.63, 3.8) is 0 Å². The number of aryl methyl sites for hydroxylation is 1. The molecule has 1 N–H and O–H groups in total. The van der Waals surface area contributed by atoms with Crippen LogP contribution in [0.4, 0.5) is 0 Å². The topological polar surface area (TPSA) is 29.5 Å². The minimum atomic E-state index is -1.65. The Balaban J connectivity index is 2.37. The van der Waals surface area contributed by atoms with Crippen molar-refractivity contribution >= 4 is 23.9 Å². The van der Waals surface area contributed by atoms with Crippen LogP contribution in [0.1, 0.15) is 58.2 Å². The van der Waals surface area contributed by atoms with Crippen molar-refractivity contribution in [3.8, 4) is 11.5 Å². The van der Waals surface area contributed by atoms with E-state index in [1.54, 1.807) is 0 Å². The second kappa shape index (κ2) is 7.04. The van der Waals surface area contributed by atoms with Crippen LogP contribution >= 0.6 is 11.3 Å². The lowest BCUT2D eigenvalue weighted by atomic mass is 9.79. The number of aromatic hydroxyl groups is 1. The first-order chi connectivity index (χ1) is 11.7. The van der Waals surface area contributed by atoms with Crippen LogP contribution in [0.15, 0.2) is 23.6 Å². The molecule has 0 atom stereocenters. The van der Waals surface area contributed by atoms with Gasteiger partial charge in [0.2, 0.25) is 0 Å². The van der Waals surface area contributed by atoms with Crippen LogP contribution in [0, 0.1) is 6.92 Å². The van der Waals surface area contributed by atoms with Crippen LogP contribution in [0.3, 0.4) is 0 Å². The molecule has 1 aromatic carbocycles. The molecule has 144 valence electrons. The van der Waals surface area contributed by atoms with Crippen molar-refractivity contribution in [1.29, 1.82) is 0 Å². The molecule has 26 heavy (non-hydrogen) atoms. The van der Waals surface area contributed by atoms with Crippen LogP contribution in [0.5, 0.6) is 11.5 Å². The highest BCUT2D eigenvalue weighted by Crippen LogP contribution is 2.41. The highest BCUT2D eigenvalue weighted by molar-refractivity contribution is 7.25. The van der Waals surface area contributed by atoms with Gasteiger partial charge >= 0.3 is 0 Å². The molecule has 0 saturated carbocycles. The van der Waals surface area contributed by atoms with E-state index >= 15 is 0 Å². The van der Waals surface area contributed by atoms with Gasteiger partial charge in [0.15, 0.2) is 0 Å². The molecule has 1 heterocycles. The first kappa shape index (κ1) is 21.0. The highest BCUT2D eigenvalue weighted by Gasteiger charge is 2.29. The minimum absolute atomic E-state index is 0.138. The van der Waals surface area contributed by atoms with Crippen LogP contribution < -0.4 is 9.24 Å². The van der Waals surface area contributed by atoms with Gasteiger partial charge in [-0.05, 0) is 51.4 Å². The SMILES string of the molecule is Cc1csc([Si](C)(C)COc2cc(C(C)(C)C)c(O)c(C(C)(C)C)c2)c1. The van der Waals surface area contributed by atoms with E-state index in [9.17, 15) is 5.11 Å². The summed E-state index contributed by atoms with van der Waals surface area (Å²) in [6.07, 6.45) is 0.741. The molecule has 0 amide bonds. The first-order valence-corrected chi connectivity index (χ1v) is 13.4. The molecular formula is C22H34O2SSi. The summed E-state index contributed by atoms with van der Waals surface area (Å²) in [7, 11) is -1.65.